The molecule has 2 aromatic carbocycles. The normalized spacial score (nSPS) is 13.7. The van der Waals surface area contributed by atoms with Crippen molar-refractivity contribution in [2.24, 2.45) is 0 Å². The van der Waals surface area contributed by atoms with Crippen molar-refractivity contribution in [2.45, 2.75) is 37.7 Å². The molecule has 5 nitrogen and oxygen atoms in total. The number of carbonyl (C=O) groups excluding carboxylic acids is 1. The molecule has 2 rings (SSSR count). The van der Waals surface area contributed by atoms with Gasteiger partial charge in [-0.3, -0.25) is 4.79 Å². The number of carbonyl (C=O) groups is 1. The molecule has 2 N–H and O–H groups in total. The molecule has 0 spiro atoms. The van der Waals surface area contributed by atoms with E-state index < -0.39 is 30.5 Å². The summed E-state index contributed by atoms with van der Waals surface area (Å²) in [7, 11) is 0. The predicted octanol–water partition coefficient (Wildman–Crippen LogP) is 4.33. The van der Waals surface area contributed by atoms with E-state index in [9.17, 15) is 27.5 Å². The molecule has 0 saturated heterocycles. The Bertz CT molecular complexity index is 912. The number of alkyl halides is 4. The fraction of sp³-hybridized carbons (Fsp3) is 0.375. The third kappa shape index (κ3) is 7.78. The summed E-state index contributed by atoms with van der Waals surface area (Å²) in [4.78, 5) is 11.1. The van der Waals surface area contributed by atoms with Gasteiger partial charge in [0.15, 0.2) is 0 Å². The smallest absolute Gasteiger partial charge is 0.423 e. The van der Waals surface area contributed by atoms with Crippen molar-refractivity contribution in [3.63, 3.8) is 0 Å². The molecule has 180 valence electrons. The Labute approximate surface area is 190 Å². The number of amides is 1. The standard InChI is InChI=1S/C24H27F4NO4/c1-4-22(31)29-13-18(30)14-32-19-9-5-16(6-10-19)23(2,3)17-7-11-20(12-8-17)33-15-21(25)24(26,27)28/h4-12,18,21,30H,1,13-15H2,2-3H3,(H,29,31). The van der Waals surface area contributed by atoms with Crippen LogP contribution >= 0.6 is 0 Å². The number of hydrogen-bond acceptors (Lipinski definition) is 4. The maximum absolute atomic E-state index is 13.0. The molecule has 0 aliphatic rings. The molecular formula is C24H27F4NO4. The molecule has 0 heterocycles. The molecule has 2 aromatic rings. The van der Waals surface area contributed by atoms with E-state index >= 15 is 0 Å². The van der Waals surface area contributed by atoms with Gasteiger partial charge in [0.1, 0.15) is 30.8 Å². The topological polar surface area (TPSA) is 67.8 Å². The van der Waals surface area contributed by atoms with Crippen molar-refractivity contribution >= 4 is 5.91 Å². The van der Waals surface area contributed by atoms with Gasteiger partial charge in [0.2, 0.25) is 12.1 Å². The van der Waals surface area contributed by atoms with Crippen LogP contribution < -0.4 is 14.8 Å². The van der Waals surface area contributed by atoms with Crippen molar-refractivity contribution in [1.29, 1.82) is 0 Å². The summed E-state index contributed by atoms with van der Waals surface area (Å²) in [6.45, 7) is 6.22. The minimum atomic E-state index is -4.95. The quantitative estimate of drug-likeness (QED) is 0.380. The molecule has 0 fully saturated rings. The van der Waals surface area contributed by atoms with Crippen LogP contribution in [0.4, 0.5) is 17.6 Å². The zero-order valence-corrected chi connectivity index (χ0v) is 18.4. The molecular weight excluding hydrogens is 442 g/mol. The average Bonchev–Trinajstić information content (AvgIpc) is 2.79. The molecule has 0 radical (unpaired) electrons. The number of ether oxygens (including phenoxy) is 2. The number of benzene rings is 2. The molecule has 0 aliphatic heterocycles. The molecule has 33 heavy (non-hydrogen) atoms. The molecule has 0 saturated carbocycles. The van der Waals surface area contributed by atoms with Crippen LogP contribution in [0.2, 0.25) is 0 Å². The van der Waals surface area contributed by atoms with Gasteiger partial charge in [0, 0.05) is 12.0 Å². The molecule has 9 heteroatoms. The fourth-order valence-electron chi connectivity index (χ4n) is 2.91. The molecule has 1 amide bonds. The first-order chi connectivity index (χ1) is 15.4. The first kappa shape index (κ1) is 26.2. The Morgan fingerprint density at radius 2 is 1.45 bits per heavy atom. The Balaban J connectivity index is 1.95. The first-order valence-electron chi connectivity index (χ1n) is 10.2. The van der Waals surface area contributed by atoms with Crippen molar-refractivity contribution in [3.8, 4) is 11.5 Å². The van der Waals surface area contributed by atoms with Gasteiger partial charge in [-0.15, -0.1) is 0 Å². The summed E-state index contributed by atoms with van der Waals surface area (Å²) in [5.41, 5.74) is 1.38. The molecule has 0 bridgehead atoms. The van der Waals surface area contributed by atoms with Crippen LogP contribution in [-0.4, -0.2) is 49.2 Å². The summed E-state index contributed by atoms with van der Waals surface area (Å²) in [5, 5.41) is 12.3. The van der Waals surface area contributed by atoms with Crippen LogP contribution in [0.25, 0.3) is 0 Å². The van der Waals surface area contributed by atoms with E-state index in [0.717, 1.165) is 17.2 Å². The zero-order valence-electron chi connectivity index (χ0n) is 18.4. The molecule has 2 unspecified atom stereocenters. The van der Waals surface area contributed by atoms with Crippen molar-refractivity contribution < 1.29 is 36.9 Å². The van der Waals surface area contributed by atoms with E-state index in [4.69, 9.17) is 9.47 Å². The number of nitrogens with one attached hydrogen (secondary N) is 1. The van der Waals surface area contributed by atoms with Gasteiger partial charge >= 0.3 is 6.18 Å². The minimum absolute atomic E-state index is 0.00427. The number of rotatable bonds is 11. The largest absolute Gasteiger partial charge is 0.491 e. The highest BCUT2D eigenvalue weighted by atomic mass is 19.4. The van der Waals surface area contributed by atoms with Crippen molar-refractivity contribution in [3.05, 3.63) is 72.3 Å². The maximum Gasteiger partial charge on any atom is 0.423 e. The lowest BCUT2D eigenvalue weighted by molar-refractivity contribution is -0.187. The molecule has 2 atom stereocenters. The molecule has 0 aliphatic carbocycles. The highest BCUT2D eigenvalue weighted by Gasteiger charge is 2.40. The summed E-state index contributed by atoms with van der Waals surface area (Å²) in [6, 6.07) is 13.7. The van der Waals surface area contributed by atoms with Crippen LogP contribution in [0.3, 0.4) is 0 Å². The van der Waals surface area contributed by atoms with E-state index in [1.807, 2.05) is 26.0 Å². The summed E-state index contributed by atoms with van der Waals surface area (Å²) >= 11 is 0. The summed E-state index contributed by atoms with van der Waals surface area (Å²) in [6.07, 6.45) is -7.75. The number of hydrogen-bond donors (Lipinski definition) is 2. The second kappa shape index (κ2) is 11.2. The van der Waals surface area contributed by atoms with E-state index in [2.05, 4.69) is 11.9 Å². The van der Waals surface area contributed by atoms with Crippen molar-refractivity contribution in [2.75, 3.05) is 19.8 Å². The summed E-state index contributed by atoms with van der Waals surface area (Å²) < 4.78 is 60.2. The fourth-order valence-corrected chi connectivity index (χ4v) is 2.91. The number of aliphatic hydroxyl groups excluding tert-OH is 1. The van der Waals surface area contributed by atoms with Gasteiger partial charge in [0.25, 0.3) is 0 Å². The third-order valence-electron chi connectivity index (χ3n) is 5.04. The second-order valence-corrected chi connectivity index (χ2v) is 7.91. The van der Waals surface area contributed by atoms with Crippen molar-refractivity contribution in [1.82, 2.24) is 5.32 Å². The Morgan fingerprint density at radius 1 is 1.00 bits per heavy atom. The number of halogens is 4. The van der Waals surface area contributed by atoms with E-state index in [0.29, 0.717) is 5.75 Å². The number of aliphatic hydroxyl groups is 1. The monoisotopic (exact) mass is 469 g/mol. The third-order valence-corrected chi connectivity index (χ3v) is 5.04. The van der Waals surface area contributed by atoms with Crippen LogP contribution in [0.1, 0.15) is 25.0 Å². The van der Waals surface area contributed by atoms with Gasteiger partial charge in [-0.1, -0.05) is 44.7 Å². The Hall–Kier alpha value is -3.07. The van der Waals surface area contributed by atoms with Gasteiger partial charge < -0.3 is 19.9 Å². The lowest BCUT2D eigenvalue weighted by atomic mass is 9.78. The van der Waals surface area contributed by atoms with Crippen LogP contribution in [0, 0.1) is 0 Å². The first-order valence-corrected chi connectivity index (χ1v) is 10.2. The van der Waals surface area contributed by atoms with Crippen LogP contribution in [0.15, 0.2) is 61.2 Å². The van der Waals surface area contributed by atoms with Gasteiger partial charge in [-0.25, -0.2) is 4.39 Å². The minimum Gasteiger partial charge on any atom is -0.491 e. The lowest BCUT2D eigenvalue weighted by Gasteiger charge is -2.26. The Kier molecular flexibility index (Phi) is 8.87. The Morgan fingerprint density at radius 3 is 1.88 bits per heavy atom. The van der Waals surface area contributed by atoms with Gasteiger partial charge in [-0.2, -0.15) is 13.2 Å². The van der Waals surface area contributed by atoms with E-state index in [1.165, 1.54) is 12.1 Å². The summed E-state index contributed by atoms with van der Waals surface area (Å²) in [5.74, 6) is 0.305. The zero-order chi connectivity index (χ0) is 24.6. The second-order valence-electron chi connectivity index (χ2n) is 7.91. The van der Waals surface area contributed by atoms with E-state index in [1.54, 1.807) is 24.3 Å². The van der Waals surface area contributed by atoms with Crippen LogP contribution in [-0.2, 0) is 10.2 Å². The van der Waals surface area contributed by atoms with Gasteiger partial charge in [0.05, 0.1) is 0 Å². The van der Waals surface area contributed by atoms with Crippen LogP contribution in [0.5, 0.6) is 11.5 Å². The molecule has 0 aromatic heterocycles. The highest BCUT2D eigenvalue weighted by molar-refractivity contribution is 5.86. The lowest BCUT2D eigenvalue weighted by Crippen LogP contribution is -2.34. The SMILES string of the molecule is C=CC(=O)NCC(O)COc1ccc(C(C)(C)c2ccc(OCC(F)C(F)(F)F)cc2)cc1. The average molecular weight is 469 g/mol. The predicted molar refractivity (Wildman–Crippen MR) is 116 cm³/mol. The van der Waals surface area contributed by atoms with E-state index in [-0.39, 0.29) is 24.8 Å². The maximum atomic E-state index is 13.0. The highest BCUT2D eigenvalue weighted by Crippen LogP contribution is 2.33. The van der Waals surface area contributed by atoms with Gasteiger partial charge in [-0.05, 0) is 41.5 Å².